The third-order valence-electron chi connectivity index (χ3n) is 6.45. The molecule has 0 radical (unpaired) electrons. The summed E-state index contributed by atoms with van der Waals surface area (Å²) < 4.78 is 80.4. The number of amides is 1. The third kappa shape index (κ3) is 6.69. The number of carbonyl (C=O) groups is 1. The number of nitrogens with zero attached hydrogens (tertiary/aromatic N) is 6. The van der Waals surface area contributed by atoms with Crippen LogP contribution in [-0.4, -0.2) is 90.2 Å². The molecule has 4 rings (SSSR count). The summed E-state index contributed by atoms with van der Waals surface area (Å²) in [5.41, 5.74) is -0.405. The number of hydrogen-bond acceptors (Lipinski definition) is 7. The van der Waals surface area contributed by atoms with Gasteiger partial charge >= 0.3 is 12.2 Å². The molecular formula is C22H29F4N7O3S. The minimum atomic E-state index is -4.62. The highest BCUT2D eigenvalue weighted by Gasteiger charge is 2.38. The van der Waals surface area contributed by atoms with Gasteiger partial charge in [0, 0.05) is 63.8 Å². The molecule has 1 N–H and O–H groups in total. The van der Waals surface area contributed by atoms with Crippen LogP contribution in [0.15, 0.2) is 24.5 Å². The monoisotopic (exact) mass is 547 g/mol. The van der Waals surface area contributed by atoms with Crippen molar-refractivity contribution in [2.45, 2.75) is 44.7 Å². The zero-order chi connectivity index (χ0) is 27.0. The van der Waals surface area contributed by atoms with Gasteiger partial charge in [-0.05, 0) is 31.4 Å². The molecule has 0 bridgehead atoms. The van der Waals surface area contributed by atoms with Crippen LogP contribution >= 0.6 is 0 Å². The Morgan fingerprint density at radius 2 is 1.89 bits per heavy atom. The maximum Gasteiger partial charge on any atom is 0.435 e. The van der Waals surface area contributed by atoms with Gasteiger partial charge in [0.2, 0.25) is 10.0 Å². The van der Waals surface area contributed by atoms with E-state index in [4.69, 9.17) is 0 Å². The van der Waals surface area contributed by atoms with Crippen LogP contribution in [-0.2, 0) is 22.7 Å². The number of nitrogens with one attached hydrogen (secondary N) is 1. The quantitative estimate of drug-likeness (QED) is 0.575. The number of sulfonamides is 1. The van der Waals surface area contributed by atoms with Gasteiger partial charge in [-0.25, -0.2) is 22.6 Å². The van der Waals surface area contributed by atoms with E-state index < -0.39 is 34.1 Å². The molecule has 204 valence electrons. The van der Waals surface area contributed by atoms with Crippen molar-refractivity contribution in [1.29, 1.82) is 0 Å². The van der Waals surface area contributed by atoms with Crippen molar-refractivity contribution in [2.75, 3.05) is 48.6 Å². The van der Waals surface area contributed by atoms with E-state index >= 15 is 0 Å². The standard InChI is InChI=1S/C22H29F4N7O3S/c1-15-13-32(21(34)33-8-5-19(28-33)29-37(2,35)36)10-9-31(15)14-16-11-18(20(27-12-16)22(24,25)26)30-6-3-17(23)4-7-30/h5,8,11-12,15,17H,3-4,6-7,9-10,13-14H2,1-2H3,(H,28,29). The first-order valence-corrected chi connectivity index (χ1v) is 13.7. The molecule has 2 aliphatic heterocycles. The lowest BCUT2D eigenvalue weighted by Crippen LogP contribution is -2.54. The van der Waals surface area contributed by atoms with Crippen molar-refractivity contribution in [3.05, 3.63) is 35.8 Å². The highest BCUT2D eigenvalue weighted by Crippen LogP contribution is 2.37. The summed E-state index contributed by atoms with van der Waals surface area (Å²) in [4.78, 5) is 21.8. The van der Waals surface area contributed by atoms with Crippen LogP contribution in [0.2, 0.25) is 0 Å². The maximum atomic E-state index is 13.6. The van der Waals surface area contributed by atoms with Crippen LogP contribution in [0.4, 0.5) is 33.9 Å². The number of pyridine rings is 1. The van der Waals surface area contributed by atoms with Crippen LogP contribution in [0.25, 0.3) is 0 Å². The smallest absolute Gasteiger partial charge is 0.370 e. The van der Waals surface area contributed by atoms with Gasteiger partial charge in [0.25, 0.3) is 0 Å². The first-order chi connectivity index (χ1) is 17.3. The number of hydrogen-bond donors (Lipinski definition) is 1. The molecule has 2 aromatic rings. The largest absolute Gasteiger partial charge is 0.435 e. The molecule has 0 aromatic carbocycles. The summed E-state index contributed by atoms with van der Waals surface area (Å²) in [6, 6.07) is 2.33. The zero-order valence-electron chi connectivity index (χ0n) is 20.4. The Kier molecular flexibility index (Phi) is 7.65. The van der Waals surface area contributed by atoms with Gasteiger partial charge in [-0.3, -0.25) is 9.62 Å². The van der Waals surface area contributed by atoms with Gasteiger partial charge in [0.1, 0.15) is 6.17 Å². The van der Waals surface area contributed by atoms with Crippen LogP contribution in [0.1, 0.15) is 31.0 Å². The molecular weight excluding hydrogens is 518 g/mol. The Labute approximate surface area is 212 Å². The minimum Gasteiger partial charge on any atom is -0.370 e. The molecule has 2 aromatic heterocycles. The van der Waals surface area contributed by atoms with Crippen molar-refractivity contribution < 1.29 is 30.8 Å². The first-order valence-electron chi connectivity index (χ1n) is 11.8. The molecule has 15 heteroatoms. The molecule has 2 saturated heterocycles. The molecule has 0 saturated carbocycles. The van der Waals surface area contributed by atoms with Crippen molar-refractivity contribution in [1.82, 2.24) is 24.6 Å². The number of carbonyl (C=O) groups excluding carboxylic acids is 1. The first kappa shape index (κ1) is 27.1. The SMILES string of the molecule is CC1CN(C(=O)n2ccc(NS(C)(=O)=O)n2)CCN1Cc1cnc(C(F)(F)F)c(N2CCC(F)CC2)c1. The fourth-order valence-corrected chi connectivity index (χ4v) is 5.08. The van der Waals surface area contributed by atoms with Crippen molar-refractivity contribution >= 4 is 27.6 Å². The number of alkyl halides is 4. The van der Waals surface area contributed by atoms with E-state index in [9.17, 15) is 30.8 Å². The van der Waals surface area contributed by atoms with Crippen LogP contribution in [0.3, 0.4) is 0 Å². The van der Waals surface area contributed by atoms with Crippen LogP contribution in [0.5, 0.6) is 0 Å². The van der Waals surface area contributed by atoms with E-state index in [2.05, 4.69) is 14.8 Å². The highest BCUT2D eigenvalue weighted by atomic mass is 32.2. The number of halogens is 4. The molecule has 10 nitrogen and oxygen atoms in total. The van der Waals surface area contributed by atoms with E-state index in [1.807, 2.05) is 11.8 Å². The zero-order valence-corrected chi connectivity index (χ0v) is 21.3. The van der Waals surface area contributed by atoms with E-state index in [0.29, 0.717) is 31.7 Å². The average Bonchev–Trinajstić information content (AvgIpc) is 3.26. The summed E-state index contributed by atoms with van der Waals surface area (Å²) in [7, 11) is -3.53. The van der Waals surface area contributed by atoms with Gasteiger partial charge in [-0.2, -0.15) is 17.9 Å². The predicted octanol–water partition coefficient (Wildman–Crippen LogP) is 2.78. The topological polar surface area (TPSA) is 104 Å². The van der Waals surface area contributed by atoms with E-state index in [1.165, 1.54) is 24.5 Å². The summed E-state index contributed by atoms with van der Waals surface area (Å²) in [5.74, 6) is 0.0314. The molecule has 2 fully saturated rings. The number of piperidine rings is 1. The second-order valence-corrected chi connectivity index (χ2v) is 11.2. The second kappa shape index (κ2) is 10.4. The van der Waals surface area contributed by atoms with Gasteiger partial charge in [-0.1, -0.05) is 0 Å². The molecule has 0 aliphatic carbocycles. The lowest BCUT2D eigenvalue weighted by atomic mass is 10.1. The summed E-state index contributed by atoms with van der Waals surface area (Å²) in [5, 5.41) is 3.96. The number of piperazine rings is 1. The van der Waals surface area contributed by atoms with Gasteiger partial charge in [0.15, 0.2) is 11.5 Å². The second-order valence-electron chi connectivity index (χ2n) is 9.44. The van der Waals surface area contributed by atoms with E-state index in [-0.39, 0.29) is 43.5 Å². The van der Waals surface area contributed by atoms with E-state index in [1.54, 1.807) is 9.80 Å². The fraction of sp³-hybridized carbons (Fsp3) is 0.591. The summed E-state index contributed by atoms with van der Waals surface area (Å²) in [6.07, 6.45) is -1.70. The van der Waals surface area contributed by atoms with Crippen molar-refractivity contribution in [3.8, 4) is 0 Å². The molecule has 1 amide bonds. The molecule has 1 atom stereocenters. The Morgan fingerprint density at radius 3 is 2.51 bits per heavy atom. The fourth-order valence-electron chi connectivity index (χ4n) is 4.59. The average molecular weight is 548 g/mol. The number of aromatic nitrogens is 3. The van der Waals surface area contributed by atoms with Crippen LogP contribution < -0.4 is 9.62 Å². The molecule has 4 heterocycles. The molecule has 37 heavy (non-hydrogen) atoms. The Balaban J connectivity index is 1.43. The molecule has 2 aliphatic rings. The summed E-state index contributed by atoms with van der Waals surface area (Å²) >= 11 is 0. The minimum absolute atomic E-state index is 0.0314. The Morgan fingerprint density at radius 1 is 1.19 bits per heavy atom. The van der Waals surface area contributed by atoms with Gasteiger partial charge < -0.3 is 9.80 Å². The number of anilines is 2. The lowest BCUT2D eigenvalue weighted by molar-refractivity contribution is -0.140. The summed E-state index contributed by atoms with van der Waals surface area (Å²) in [6.45, 7) is 3.80. The predicted molar refractivity (Wildman–Crippen MR) is 129 cm³/mol. The molecule has 1 unspecified atom stereocenters. The van der Waals surface area contributed by atoms with Crippen molar-refractivity contribution in [3.63, 3.8) is 0 Å². The Hall–Kier alpha value is -2.94. The van der Waals surface area contributed by atoms with Gasteiger partial charge in [0.05, 0.1) is 11.9 Å². The van der Waals surface area contributed by atoms with Gasteiger partial charge in [-0.15, -0.1) is 5.10 Å². The van der Waals surface area contributed by atoms with E-state index in [0.717, 1.165) is 10.9 Å². The Bertz CT molecular complexity index is 1230. The van der Waals surface area contributed by atoms with Crippen LogP contribution in [0, 0.1) is 0 Å². The maximum absolute atomic E-state index is 13.6. The third-order valence-corrected chi connectivity index (χ3v) is 7.03. The normalized spacial score (nSPS) is 20.3. The van der Waals surface area contributed by atoms with Crippen molar-refractivity contribution in [2.24, 2.45) is 0 Å². The highest BCUT2D eigenvalue weighted by molar-refractivity contribution is 7.92. The lowest BCUT2D eigenvalue weighted by Gasteiger charge is -2.39. The number of rotatable bonds is 5. The molecule has 0 spiro atoms.